The standard InChI is InChI=1S/C20H26N2O4S/c1-3-4-13-21-20(23)17-10-11-18(26-2)19(15-17)27(24,25)22-14-12-16-8-6-5-7-9-16/h5-11,15,22H,3-4,12-14H2,1-2H3,(H,21,23). The Labute approximate surface area is 161 Å². The van der Waals surface area contributed by atoms with Crippen molar-refractivity contribution in [3.8, 4) is 5.75 Å². The Hall–Kier alpha value is -2.38. The zero-order chi connectivity index (χ0) is 19.7. The van der Waals surface area contributed by atoms with Crippen LogP contribution in [0.25, 0.3) is 0 Å². The van der Waals surface area contributed by atoms with Crippen molar-refractivity contribution in [2.75, 3.05) is 20.2 Å². The van der Waals surface area contributed by atoms with E-state index in [-0.39, 0.29) is 28.7 Å². The first-order valence-corrected chi connectivity index (χ1v) is 10.5. The van der Waals surface area contributed by atoms with Gasteiger partial charge in [0.2, 0.25) is 10.0 Å². The predicted molar refractivity (Wildman–Crippen MR) is 106 cm³/mol. The molecule has 0 aliphatic carbocycles. The zero-order valence-corrected chi connectivity index (χ0v) is 16.5. The highest BCUT2D eigenvalue weighted by molar-refractivity contribution is 7.89. The maximum atomic E-state index is 12.7. The van der Waals surface area contributed by atoms with E-state index in [0.29, 0.717) is 13.0 Å². The van der Waals surface area contributed by atoms with Crippen LogP contribution < -0.4 is 14.8 Å². The van der Waals surface area contributed by atoms with Gasteiger partial charge in [-0.3, -0.25) is 4.79 Å². The second-order valence-electron chi connectivity index (χ2n) is 6.11. The number of hydrogen-bond acceptors (Lipinski definition) is 4. The molecule has 0 saturated carbocycles. The highest BCUT2D eigenvalue weighted by atomic mass is 32.2. The molecule has 0 aromatic heterocycles. The largest absolute Gasteiger partial charge is 0.495 e. The number of nitrogens with one attached hydrogen (secondary N) is 2. The van der Waals surface area contributed by atoms with Crippen molar-refractivity contribution in [1.29, 1.82) is 0 Å². The van der Waals surface area contributed by atoms with E-state index in [1.165, 1.54) is 19.2 Å². The Balaban J connectivity index is 2.13. The number of carbonyl (C=O) groups is 1. The lowest BCUT2D eigenvalue weighted by molar-refractivity contribution is 0.0953. The van der Waals surface area contributed by atoms with Gasteiger partial charge in [0.25, 0.3) is 5.91 Å². The van der Waals surface area contributed by atoms with Gasteiger partial charge in [0.1, 0.15) is 10.6 Å². The Morgan fingerprint density at radius 2 is 1.81 bits per heavy atom. The number of amides is 1. The molecule has 0 unspecified atom stereocenters. The van der Waals surface area contributed by atoms with E-state index in [1.807, 2.05) is 37.3 Å². The average Bonchev–Trinajstić information content (AvgIpc) is 2.68. The molecule has 0 aliphatic heterocycles. The van der Waals surface area contributed by atoms with Crippen LogP contribution in [0, 0.1) is 0 Å². The number of ether oxygens (including phenoxy) is 1. The van der Waals surface area contributed by atoms with Crippen molar-refractivity contribution in [3.05, 3.63) is 59.7 Å². The van der Waals surface area contributed by atoms with E-state index >= 15 is 0 Å². The van der Waals surface area contributed by atoms with Gasteiger partial charge in [-0.15, -0.1) is 0 Å². The molecule has 7 heteroatoms. The van der Waals surface area contributed by atoms with Gasteiger partial charge in [-0.2, -0.15) is 0 Å². The summed E-state index contributed by atoms with van der Waals surface area (Å²) in [6.45, 7) is 2.84. The van der Waals surface area contributed by atoms with E-state index in [4.69, 9.17) is 4.74 Å². The molecule has 0 saturated heterocycles. The second-order valence-corrected chi connectivity index (χ2v) is 7.84. The van der Waals surface area contributed by atoms with Crippen LogP contribution in [0.4, 0.5) is 0 Å². The van der Waals surface area contributed by atoms with Crippen LogP contribution in [0.3, 0.4) is 0 Å². The van der Waals surface area contributed by atoms with Gasteiger partial charge in [0, 0.05) is 18.7 Å². The molecule has 0 radical (unpaired) electrons. The molecule has 0 aliphatic rings. The third kappa shape index (κ3) is 6.08. The lowest BCUT2D eigenvalue weighted by Crippen LogP contribution is -2.28. The van der Waals surface area contributed by atoms with Gasteiger partial charge in [-0.25, -0.2) is 13.1 Å². The van der Waals surface area contributed by atoms with Crippen LogP contribution in [0.2, 0.25) is 0 Å². The van der Waals surface area contributed by atoms with E-state index < -0.39 is 10.0 Å². The molecule has 0 bridgehead atoms. The van der Waals surface area contributed by atoms with Gasteiger partial charge in [-0.05, 0) is 36.6 Å². The fourth-order valence-electron chi connectivity index (χ4n) is 2.56. The van der Waals surface area contributed by atoms with Crippen molar-refractivity contribution in [3.63, 3.8) is 0 Å². The lowest BCUT2D eigenvalue weighted by Gasteiger charge is -2.13. The second kappa shape index (κ2) is 10.1. The molecule has 2 aromatic rings. The Kier molecular flexibility index (Phi) is 7.82. The molecule has 146 valence electrons. The van der Waals surface area contributed by atoms with Crippen molar-refractivity contribution in [2.45, 2.75) is 31.1 Å². The van der Waals surface area contributed by atoms with Crippen LogP contribution in [-0.2, 0) is 16.4 Å². The van der Waals surface area contributed by atoms with Crippen LogP contribution in [0.5, 0.6) is 5.75 Å². The number of sulfonamides is 1. The normalized spacial score (nSPS) is 11.2. The fourth-order valence-corrected chi connectivity index (χ4v) is 3.79. The third-order valence-electron chi connectivity index (χ3n) is 4.08. The molecule has 2 N–H and O–H groups in total. The number of unbranched alkanes of at least 4 members (excludes halogenated alkanes) is 1. The van der Waals surface area contributed by atoms with Crippen LogP contribution in [0.1, 0.15) is 35.7 Å². The summed E-state index contributed by atoms with van der Waals surface area (Å²) in [6, 6.07) is 14.0. The van der Waals surface area contributed by atoms with E-state index in [2.05, 4.69) is 10.0 Å². The molecule has 2 rings (SSSR count). The van der Waals surface area contributed by atoms with Crippen LogP contribution in [-0.4, -0.2) is 34.5 Å². The summed E-state index contributed by atoms with van der Waals surface area (Å²) in [4.78, 5) is 12.2. The van der Waals surface area contributed by atoms with Crippen molar-refractivity contribution in [1.82, 2.24) is 10.0 Å². The first-order chi connectivity index (χ1) is 13.0. The van der Waals surface area contributed by atoms with Crippen LogP contribution in [0.15, 0.2) is 53.4 Å². The van der Waals surface area contributed by atoms with E-state index in [1.54, 1.807) is 6.07 Å². The monoisotopic (exact) mass is 390 g/mol. The first kappa shape index (κ1) is 20.9. The summed E-state index contributed by atoms with van der Waals surface area (Å²) in [5.41, 5.74) is 1.33. The minimum Gasteiger partial charge on any atom is -0.495 e. The third-order valence-corrected chi connectivity index (χ3v) is 5.56. The summed E-state index contributed by atoms with van der Waals surface area (Å²) >= 11 is 0. The smallest absolute Gasteiger partial charge is 0.251 e. The Morgan fingerprint density at radius 1 is 1.07 bits per heavy atom. The maximum Gasteiger partial charge on any atom is 0.251 e. The highest BCUT2D eigenvalue weighted by Gasteiger charge is 2.21. The molecule has 0 fully saturated rings. The van der Waals surface area contributed by atoms with Gasteiger partial charge in [0.15, 0.2) is 0 Å². The summed E-state index contributed by atoms with van der Waals surface area (Å²) in [5, 5.41) is 2.79. The highest BCUT2D eigenvalue weighted by Crippen LogP contribution is 2.25. The van der Waals surface area contributed by atoms with Crippen molar-refractivity contribution >= 4 is 15.9 Å². The first-order valence-electron chi connectivity index (χ1n) is 8.97. The topological polar surface area (TPSA) is 84.5 Å². The minimum absolute atomic E-state index is 0.0406. The van der Waals surface area contributed by atoms with Gasteiger partial charge in [0.05, 0.1) is 7.11 Å². The zero-order valence-electron chi connectivity index (χ0n) is 15.7. The molecule has 0 atom stereocenters. The summed E-state index contributed by atoms with van der Waals surface area (Å²) in [6.07, 6.45) is 2.40. The number of benzene rings is 2. The van der Waals surface area contributed by atoms with E-state index in [0.717, 1.165) is 18.4 Å². The molecule has 0 spiro atoms. The number of rotatable bonds is 10. The van der Waals surface area contributed by atoms with Gasteiger partial charge in [-0.1, -0.05) is 43.7 Å². The molecular formula is C20H26N2O4S. The SMILES string of the molecule is CCCCNC(=O)c1ccc(OC)c(S(=O)(=O)NCCc2ccccc2)c1. The maximum absolute atomic E-state index is 12.7. The van der Waals surface area contributed by atoms with Crippen molar-refractivity contribution in [2.24, 2.45) is 0 Å². The number of carbonyl (C=O) groups excluding carboxylic acids is 1. The average molecular weight is 391 g/mol. The fraction of sp³-hybridized carbons (Fsp3) is 0.350. The van der Waals surface area contributed by atoms with E-state index in [9.17, 15) is 13.2 Å². The summed E-state index contributed by atoms with van der Waals surface area (Å²) in [5.74, 6) is -0.0980. The minimum atomic E-state index is -3.81. The number of methoxy groups -OCH3 is 1. The Bertz CT molecular complexity index is 852. The molecular weight excluding hydrogens is 364 g/mol. The van der Waals surface area contributed by atoms with Crippen LogP contribution >= 0.6 is 0 Å². The lowest BCUT2D eigenvalue weighted by atomic mass is 10.2. The van der Waals surface area contributed by atoms with Gasteiger partial charge < -0.3 is 10.1 Å². The molecule has 0 heterocycles. The Morgan fingerprint density at radius 3 is 2.48 bits per heavy atom. The van der Waals surface area contributed by atoms with Crippen molar-refractivity contribution < 1.29 is 17.9 Å². The molecule has 6 nitrogen and oxygen atoms in total. The predicted octanol–water partition coefficient (Wildman–Crippen LogP) is 2.75. The molecule has 27 heavy (non-hydrogen) atoms. The quantitative estimate of drug-likeness (QED) is 0.611. The molecule has 1 amide bonds. The molecule has 2 aromatic carbocycles. The summed E-state index contributed by atoms with van der Waals surface area (Å²) < 4.78 is 33.2. The summed E-state index contributed by atoms with van der Waals surface area (Å²) in [7, 11) is -2.41. The number of hydrogen-bond donors (Lipinski definition) is 2. The van der Waals surface area contributed by atoms with Gasteiger partial charge >= 0.3 is 0 Å².